The number of ether oxygens (including phenoxy) is 4. The minimum atomic E-state index is -0.941. The summed E-state index contributed by atoms with van der Waals surface area (Å²) in [4.78, 5) is 28.5. The molecule has 0 spiro atoms. The van der Waals surface area contributed by atoms with Crippen LogP contribution in [0.25, 0.3) is 5.76 Å². The van der Waals surface area contributed by atoms with Crippen LogP contribution in [-0.2, 0) is 16.0 Å². The molecule has 1 aliphatic rings. The Morgan fingerprint density at radius 3 is 2.13 bits per heavy atom. The Hall–Kier alpha value is -4.46. The molecule has 0 saturated carbocycles. The van der Waals surface area contributed by atoms with Gasteiger partial charge in [-0.1, -0.05) is 25.1 Å². The van der Waals surface area contributed by atoms with Crippen LogP contribution in [0, 0.1) is 0 Å². The van der Waals surface area contributed by atoms with Gasteiger partial charge < -0.3 is 24.1 Å². The smallest absolute Gasteiger partial charge is 0.300 e. The highest BCUT2D eigenvalue weighted by atomic mass is 16.5. The van der Waals surface area contributed by atoms with Gasteiger partial charge >= 0.3 is 0 Å². The molecule has 3 aromatic rings. The summed E-state index contributed by atoms with van der Waals surface area (Å²) in [7, 11) is 4.49. The number of aliphatic hydroxyl groups is 1. The maximum absolute atomic E-state index is 13.6. The number of aryl methyl sites for hydroxylation is 1. The van der Waals surface area contributed by atoms with Crippen molar-refractivity contribution in [3.8, 4) is 23.0 Å². The number of carbonyl (C=O) groups is 2. The van der Waals surface area contributed by atoms with Gasteiger partial charge in [-0.2, -0.15) is 0 Å². The van der Waals surface area contributed by atoms with Gasteiger partial charge in [-0.25, -0.2) is 0 Å². The van der Waals surface area contributed by atoms with Gasteiger partial charge in [-0.05, 0) is 66.9 Å². The van der Waals surface area contributed by atoms with E-state index in [2.05, 4.69) is 0 Å². The van der Waals surface area contributed by atoms with Crippen LogP contribution in [0.4, 0.5) is 5.69 Å². The molecule has 1 amide bonds. The Balaban J connectivity index is 1.99. The van der Waals surface area contributed by atoms with Gasteiger partial charge in [0.2, 0.25) is 0 Å². The number of nitrogens with zero attached hydrogens (tertiary/aromatic N) is 1. The van der Waals surface area contributed by atoms with Crippen molar-refractivity contribution in [1.82, 2.24) is 0 Å². The first kappa shape index (κ1) is 26.6. The zero-order valence-electron chi connectivity index (χ0n) is 22.1. The van der Waals surface area contributed by atoms with E-state index in [0.29, 0.717) is 40.9 Å². The minimum absolute atomic E-state index is 0.0752. The molecular formula is C30H31NO7. The lowest BCUT2D eigenvalue weighted by Gasteiger charge is -2.26. The number of hydrogen-bond acceptors (Lipinski definition) is 7. The largest absolute Gasteiger partial charge is 0.507 e. The van der Waals surface area contributed by atoms with Crippen LogP contribution in [0.15, 0.2) is 66.2 Å². The predicted octanol–water partition coefficient (Wildman–Crippen LogP) is 5.30. The second-order valence-electron chi connectivity index (χ2n) is 8.60. The molecule has 1 atom stereocenters. The van der Waals surface area contributed by atoms with Crippen LogP contribution in [0.5, 0.6) is 23.0 Å². The molecule has 0 aliphatic carbocycles. The summed E-state index contributed by atoms with van der Waals surface area (Å²) in [6, 6.07) is 16.6. The van der Waals surface area contributed by atoms with Crippen molar-refractivity contribution in [2.24, 2.45) is 0 Å². The first-order chi connectivity index (χ1) is 18.4. The third kappa shape index (κ3) is 4.77. The molecule has 1 aliphatic heterocycles. The van der Waals surface area contributed by atoms with Gasteiger partial charge in [-0.15, -0.1) is 0 Å². The average Bonchev–Trinajstić information content (AvgIpc) is 3.22. The molecule has 8 nitrogen and oxygen atoms in total. The number of ketones is 1. The summed E-state index contributed by atoms with van der Waals surface area (Å²) in [6.45, 7) is 4.28. The lowest BCUT2D eigenvalue weighted by molar-refractivity contribution is -0.132. The molecule has 0 radical (unpaired) electrons. The number of hydrogen-bond donors (Lipinski definition) is 1. The molecule has 3 aromatic carbocycles. The molecule has 1 N–H and O–H groups in total. The number of rotatable bonds is 9. The van der Waals surface area contributed by atoms with Crippen molar-refractivity contribution in [1.29, 1.82) is 0 Å². The average molecular weight is 518 g/mol. The number of anilines is 1. The number of carbonyl (C=O) groups excluding carboxylic acids is 2. The first-order valence-electron chi connectivity index (χ1n) is 12.3. The summed E-state index contributed by atoms with van der Waals surface area (Å²) in [6.07, 6.45) is 0.828. The highest BCUT2D eigenvalue weighted by Gasteiger charge is 2.47. The van der Waals surface area contributed by atoms with Gasteiger partial charge in [0, 0.05) is 5.69 Å². The van der Waals surface area contributed by atoms with Gasteiger partial charge in [0.05, 0.1) is 45.1 Å². The fourth-order valence-electron chi connectivity index (χ4n) is 4.58. The van der Waals surface area contributed by atoms with Crippen molar-refractivity contribution in [3.63, 3.8) is 0 Å². The highest BCUT2D eigenvalue weighted by molar-refractivity contribution is 6.51. The monoisotopic (exact) mass is 517 g/mol. The van der Waals surface area contributed by atoms with Gasteiger partial charge in [-0.3, -0.25) is 14.5 Å². The molecule has 1 saturated heterocycles. The molecule has 8 heteroatoms. The molecule has 0 bridgehead atoms. The molecule has 1 fully saturated rings. The van der Waals surface area contributed by atoms with Gasteiger partial charge in [0.1, 0.15) is 17.3 Å². The van der Waals surface area contributed by atoms with E-state index < -0.39 is 17.7 Å². The Kier molecular flexibility index (Phi) is 7.90. The molecule has 1 heterocycles. The van der Waals surface area contributed by atoms with Crippen LogP contribution in [-0.4, -0.2) is 44.7 Å². The van der Waals surface area contributed by atoms with E-state index in [0.717, 1.165) is 12.0 Å². The molecule has 38 heavy (non-hydrogen) atoms. The van der Waals surface area contributed by atoms with E-state index in [9.17, 15) is 14.7 Å². The topological polar surface area (TPSA) is 94.5 Å². The summed E-state index contributed by atoms with van der Waals surface area (Å²) in [5, 5.41) is 11.6. The van der Waals surface area contributed by atoms with Crippen LogP contribution in [0.3, 0.4) is 0 Å². The second kappa shape index (κ2) is 11.3. The van der Waals surface area contributed by atoms with E-state index >= 15 is 0 Å². The predicted molar refractivity (Wildman–Crippen MR) is 144 cm³/mol. The first-order valence-corrected chi connectivity index (χ1v) is 12.3. The molecule has 1 unspecified atom stereocenters. The Labute approximate surface area is 222 Å². The fraction of sp³-hybridized carbons (Fsp3) is 0.267. The quantitative estimate of drug-likeness (QED) is 0.234. The molecular weight excluding hydrogens is 486 g/mol. The van der Waals surface area contributed by atoms with Crippen LogP contribution in [0.2, 0.25) is 0 Å². The Bertz CT molecular complexity index is 1380. The summed E-state index contributed by atoms with van der Waals surface area (Å²) in [5.74, 6) is -0.193. The second-order valence-corrected chi connectivity index (χ2v) is 8.60. The van der Waals surface area contributed by atoms with Crippen molar-refractivity contribution in [2.75, 3.05) is 32.8 Å². The Morgan fingerprint density at radius 2 is 1.53 bits per heavy atom. The normalized spacial score (nSPS) is 16.4. The van der Waals surface area contributed by atoms with E-state index in [1.165, 1.54) is 26.2 Å². The number of benzene rings is 3. The Morgan fingerprint density at radius 1 is 0.842 bits per heavy atom. The molecule has 198 valence electrons. The van der Waals surface area contributed by atoms with Gasteiger partial charge in [0.25, 0.3) is 11.7 Å². The van der Waals surface area contributed by atoms with Crippen LogP contribution >= 0.6 is 0 Å². The maximum atomic E-state index is 13.6. The van der Waals surface area contributed by atoms with E-state index in [4.69, 9.17) is 18.9 Å². The number of Topliss-reactive ketones (excluding diaryl/α,β-unsaturated/α-hetero) is 1. The van der Waals surface area contributed by atoms with Gasteiger partial charge in [0.15, 0.2) is 11.5 Å². The SMILES string of the molecule is CCOc1cc(C2/C(=C(\O)c3cc(OC)ccc3OC)C(=O)C(=O)N2c2ccc(CC)cc2)ccc1OC. The van der Waals surface area contributed by atoms with E-state index in [1.807, 2.05) is 26.0 Å². The maximum Gasteiger partial charge on any atom is 0.300 e. The van der Waals surface area contributed by atoms with Crippen molar-refractivity contribution in [3.05, 3.63) is 82.9 Å². The number of methoxy groups -OCH3 is 3. The zero-order valence-corrected chi connectivity index (χ0v) is 22.1. The van der Waals surface area contributed by atoms with E-state index in [1.54, 1.807) is 48.5 Å². The standard InChI is InChI=1S/C30H31NO7/c1-6-18-8-11-20(12-9-18)31-27(19-10-14-24(37-5)25(16-19)38-7-2)26(29(33)30(31)34)28(32)22-17-21(35-3)13-15-23(22)36-4/h8-17,27,32H,6-7H2,1-5H3/b28-26+. The summed E-state index contributed by atoms with van der Waals surface area (Å²) in [5.41, 5.74) is 2.34. The lowest BCUT2D eigenvalue weighted by atomic mass is 9.94. The minimum Gasteiger partial charge on any atom is -0.507 e. The molecule has 0 aromatic heterocycles. The highest BCUT2D eigenvalue weighted by Crippen LogP contribution is 2.45. The number of amides is 1. The lowest BCUT2D eigenvalue weighted by Crippen LogP contribution is -2.29. The van der Waals surface area contributed by atoms with Crippen LogP contribution in [0.1, 0.15) is 36.6 Å². The van der Waals surface area contributed by atoms with Crippen molar-refractivity contribution < 1.29 is 33.6 Å². The van der Waals surface area contributed by atoms with E-state index in [-0.39, 0.29) is 16.9 Å². The summed E-state index contributed by atoms with van der Waals surface area (Å²) >= 11 is 0. The third-order valence-corrected chi connectivity index (χ3v) is 6.53. The third-order valence-electron chi connectivity index (χ3n) is 6.53. The number of aliphatic hydroxyl groups excluding tert-OH is 1. The zero-order chi connectivity index (χ0) is 27.4. The van der Waals surface area contributed by atoms with Crippen LogP contribution < -0.4 is 23.8 Å². The fourth-order valence-corrected chi connectivity index (χ4v) is 4.58. The van der Waals surface area contributed by atoms with Crippen molar-refractivity contribution >= 4 is 23.1 Å². The summed E-state index contributed by atoms with van der Waals surface area (Å²) < 4.78 is 22.0. The molecule has 4 rings (SSSR count). The van der Waals surface area contributed by atoms with Crippen molar-refractivity contribution in [2.45, 2.75) is 26.3 Å².